The van der Waals surface area contributed by atoms with E-state index in [1.807, 2.05) is 66.7 Å². The zero-order valence-electron chi connectivity index (χ0n) is 18.9. The normalized spacial score (nSPS) is 16.5. The highest BCUT2D eigenvalue weighted by atomic mass is 16.4. The molecule has 1 aromatic heterocycles. The van der Waals surface area contributed by atoms with E-state index >= 15 is 0 Å². The minimum absolute atomic E-state index is 0.0120. The molecule has 0 fully saturated rings. The fourth-order valence-electron chi connectivity index (χ4n) is 4.27. The van der Waals surface area contributed by atoms with Gasteiger partial charge in [-0.1, -0.05) is 54.6 Å². The number of nitrogens with one attached hydrogen (secondary N) is 2. The second-order valence-corrected chi connectivity index (χ2v) is 9.02. The quantitative estimate of drug-likeness (QED) is 0.487. The van der Waals surface area contributed by atoms with Crippen LogP contribution in [0.15, 0.2) is 72.9 Å². The number of carboxylic acid groups (broad SMARTS) is 1. The first-order valence-corrected chi connectivity index (χ1v) is 11.2. The Balaban J connectivity index is 1.51. The number of carbonyl (C=O) groups excluding carboxylic acids is 1. The van der Waals surface area contributed by atoms with Crippen LogP contribution in [0.25, 0.3) is 0 Å². The van der Waals surface area contributed by atoms with Crippen LogP contribution in [0.5, 0.6) is 0 Å². The van der Waals surface area contributed by atoms with E-state index in [0.717, 1.165) is 34.5 Å². The second-order valence-electron chi connectivity index (χ2n) is 9.02. The van der Waals surface area contributed by atoms with E-state index in [1.54, 1.807) is 20.0 Å². The van der Waals surface area contributed by atoms with Gasteiger partial charge >= 0.3 is 5.97 Å². The van der Waals surface area contributed by atoms with Crippen molar-refractivity contribution in [3.05, 3.63) is 95.3 Å². The average Bonchev–Trinajstić information content (AvgIpc) is 2.82. The number of nitrogens with zero attached hydrogens (tertiary/aromatic N) is 1. The molecule has 3 aromatic rings. The number of hydrogen-bond donors (Lipinski definition) is 3. The Bertz CT molecular complexity index is 1140. The van der Waals surface area contributed by atoms with Crippen molar-refractivity contribution in [1.29, 1.82) is 0 Å². The molecule has 0 radical (unpaired) electrons. The van der Waals surface area contributed by atoms with Crippen LogP contribution in [0.4, 0.5) is 5.69 Å². The molecule has 33 heavy (non-hydrogen) atoms. The van der Waals surface area contributed by atoms with Crippen LogP contribution in [0.1, 0.15) is 42.3 Å². The third kappa shape index (κ3) is 4.96. The number of carbonyl (C=O) groups is 2. The van der Waals surface area contributed by atoms with Crippen LogP contribution < -0.4 is 10.6 Å². The number of hydrogen-bond acceptors (Lipinski definition) is 4. The summed E-state index contributed by atoms with van der Waals surface area (Å²) < 4.78 is 0. The fraction of sp³-hybridized carbons (Fsp3) is 0.296. The first-order valence-electron chi connectivity index (χ1n) is 11.2. The molecule has 1 aliphatic heterocycles. The third-order valence-corrected chi connectivity index (χ3v) is 6.42. The highest BCUT2D eigenvalue weighted by Gasteiger charge is 2.34. The van der Waals surface area contributed by atoms with Gasteiger partial charge in [-0.05, 0) is 55.6 Å². The van der Waals surface area contributed by atoms with Gasteiger partial charge in [-0.25, -0.2) is 0 Å². The second kappa shape index (κ2) is 9.55. The lowest BCUT2D eigenvalue weighted by atomic mass is 9.83. The van der Waals surface area contributed by atoms with Crippen molar-refractivity contribution in [1.82, 2.24) is 10.3 Å². The zero-order valence-corrected chi connectivity index (χ0v) is 18.9. The van der Waals surface area contributed by atoms with Crippen molar-refractivity contribution in [2.45, 2.75) is 38.1 Å². The molecule has 0 saturated heterocycles. The van der Waals surface area contributed by atoms with Crippen LogP contribution in [-0.4, -0.2) is 28.5 Å². The smallest absolute Gasteiger partial charge is 0.313 e. The van der Waals surface area contributed by atoms with E-state index in [4.69, 9.17) is 0 Å². The van der Waals surface area contributed by atoms with Gasteiger partial charge in [0.15, 0.2) is 0 Å². The molecule has 170 valence electrons. The molecule has 0 saturated carbocycles. The van der Waals surface area contributed by atoms with Crippen molar-refractivity contribution in [3.63, 3.8) is 0 Å². The zero-order chi connectivity index (χ0) is 23.4. The summed E-state index contributed by atoms with van der Waals surface area (Å²) in [5.74, 6) is -1.15. The predicted octanol–water partition coefficient (Wildman–Crippen LogP) is 4.13. The predicted molar refractivity (Wildman–Crippen MR) is 128 cm³/mol. The van der Waals surface area contributed by atoms with Gasteiger partial charge in [-0.2, -0.15) is 0 Å². The van der Waals surface area contributed by atoms with Gasteiger partial charge < -0.3 is 15.7 Å². The average molecular weight is 444 g/mol. The van der Waals surface area contributed by atoms with Crippen molar-refractivity contribution in [2.24, 2.45) is 5.92 Å². The van der Waals surface area contributed by atoms with Gasteiger partial charge in [0.2, 0.25) is 5.91 Å². The van der Waals surface area contributed by atoms with E-state index < -0.39 is 11.4 Å². The minimum atomic E-state index is -0.948. The van der Waals surface area contributed by atoms with Gasteiger partial charge in [0.1, 0.15) is 0 Å². The Kier molecular flexibility index (Phi) is 6.56. The Morgan fingerprint density at radius 2 is 1.94 bits per heavy atom. The summed E-state index contributed by atoms with van der Waals surface area (Å²) in [4.78, 5) is 29.1. The van der Waals surface area contributed by atoms with E-state index in [-0.39, 0.29) is 17.9 Å². The number of rotatable bonds is 8. The summed E-state index contributed by atoms with van der Waals surface area (Å²) in [7, 11) is 0. The standard InChI is InChI=1S/C27H29N3O3/c1-27(2,26(32)33)20-11-6-8-18(16-20)13-15-29-24(19-9-4-3-5-10-19)21-17-23-22(30-25(21)31)12-7-14-28-23/h3-12,14,16,21,24,29H,13,15,17H2,1-2H3,(H,30,31)(H,32,33)/t21-,24+/m0/s1. The Hall–Kier alpha value is -3.51. The Labute approximate surface area is 194 Å². The van der Waals surface area contributed by atoms with E-state index in [0.29, 0.717) is 13.0 Å². The number of aliphatic carboxylic acids is 1. The maximum atomic E-state index is 13.0. The molecule has 6 nitrogen and oxygen atoms in total. The molecule has 2 heterocycles. The number of aromatic nitrogens is 1. The lowest BCUT2D eigenvalue weighted by Crippen LogP contribution is -2.40. The number of anilines is 1. The molecule has 0 bridgehead atoms. The van der Waals surface area contributed by atoms with Crippen LogP contribution >= 0.6 is 0 Å². The summed E-state index contributed by atoms with van der Waals surface area (Å²) in [6.45, 7) is 4.08. The highest BCUT2D eigenvalue weighted by Crippen LogP contribution is 2.32. The number of amides is 1. The molecule has 3 N–H and O–H groups in total. The van der Waals surface area contributed by atoms with Crippen molar-refractivity contribution >= 4 is 17.6 Å². The highest BCUT2D eigenvalue weighted by molar-refractivity contribution is 5.95. The van der Waals surface area contributed by atoms with E-state index in [1.165, 1.54) is 0 Å². The number of pyridine rings is 1. The molecule has 2 atom stereocenters. The molecule has 4 rings (SSSR count). The van der Waals surface area contributed by atoms with Crippen LogP contribution in [0.2, 0.25) is 0 Å². The Morgan fingerprint density at radius 1 is 1.15 bits per heavy atom. The SMILES string of the molecule is CC(C)(C(=O)O)c1cccc(CCN[C@H](c2ccccc2)[C@@H]2Cc3ncccc3NC2=O)c1. The molecule has 6 heteroatoms. The topological polar surface area (TPSA) is 91.3 Å². The molecule has 1 amide bonds. The maximum absolute atomic E-state index is 13.0. The summed E-state index contributed by atoms with van der Waals surface area (Å²) >= 11 is 0. The molecule has 0 unspecified atom stereocenters. The van der Waals surface area contributed by atoms with Crippen LogP contribution in [0, 0.1) is 5.92 Å². The van der Waals surface area contributed by atoms with Gasteiger partial charge in [-0.15, -0.1) is 0 Å². The fourth-order valence-corrected chi connectivity index (χ4v) is 4.27. The lowest BCUT2D eigenvalue weighted by molar-refractivity contribution is -0.142. The molecule has 0 aliphatic carbocycles. The van der Waals surface area contributed by atoms with Gasteiger partial charge in [0.25, 0.3) is 0 Å². The Morgan fingerprint density at radius 3 is 2.70 bits per heavy atom. The molecular weight excluding hydrogens is 414 g/mol. The largest absolute Gasteiger partial charge is 0.481 e. The number of carboxylic acids is 1. The van der Waals surface area contributed by atoms with Gasteiger partial charge in [-0.3, -0.25) is 14.6 Å². The lowest BCUT2D eigenvalue weighted by Gasteiger charge is -2.31. The first kappa shape index (κ1) is 22.7. The van der Waals surface area contributed by atoms with E-state index in [9.17, 15) is 14.7 Å². The minimum Gasteiger partial charge on any atom is -0.481 e. The van der Waals surface area contributed by atoms with Crippen molar-refractivity contribution in [2.75, 3.05) is 11.9 Å². The molecule has 1 aliphatic rings. The van der Waals surface area contributed by atoms with Crippen molar-refractivity contribution in [3.8, 4) is 0 Å². The summed E-state index contributed by atoms with van der Waals surface area (Å²) in [5.41, 5.74) is 3.62. The molecule has 2 aromatic carbocycles. The van der Waals surface area contributed by atoms with Gasteiger partial charge in [0.05, 0.1) is 22.7 Å². The van der Waals surface area contributed by atoms with Gasteiger partial charge in [0, 0.05) is 18.7 Å². The number of fused-ring (bicyclic) bond motifs is 1. The monoisotopic (exact) mass is 443 g/mol. The third-order valence-electron chi connectivity index (χ3n) is 6.42. The van der Waals surface area contributed by atoms with Crippen LogP contribution in [-0.2, 0) is 27.8 Å². The van der Waals surface area contributed by atoms with E-state index in [2.05, 4.69) is 15.6 Å². The summed E-state index contributed by atoms with van der Waals surface area (Å²) in [6.07, 6.45) is 3.04. The van der Waals surface area contributed by atoms with Crippen molar-refractivity contribution < 1.29 is 14.7 Å². The molecule has 0 spiro atoms. The summed E-state index contributed by atoms with van der Waals surface area (Å²) in [5, 5.41) is 16.1. The van der Waals surface area contributed by atoms with Crippen LogP contribution in [0.3, 0.4) is 0 Å². The number of benzene rings is 2. The summed E-state index contributed by atoms with van der Waals surface area (Å²) in [6, 6.07) is 21.3. The maximum Gasteiger partial charge on any atom is 0.313 e. The first-order chi connectivity index (χ1) is 15.9. The molecular formula is C27H29N3O3.